The van der Waals surface area contributed by atoms with Gasteiger partial charge in [0.15, 0.2) is 11.5 Å². The van der Waals surface area contributed by atoms with Crippen molar-refractivity contribution in [2.75, 3.05) is 33.3 Å². The van der Waals surface area contributed by atoms with Crippen molar-refractivity contribution in [3.05, 3.63) is 47.5 Å². The molecule has 2 aromatic carbocycles. The van der Waals surface area contributed by atoms with Gasteiger partial charge in [0, 0.05) is 23.8 Å². The van der Waals surface area contributed by atoms with Crippen LogP contribution in [0, 0.1) is 5.92 Å². The average Bonchev–Trinajstić information content (AvgIpc) is 2.72. The molecule has 1 saturated heterocycles. The summed E-state index contributed by atoms with van der Waals surface area (Å²) in [6.07, 6.45) is 2.31. The first-order valence-corrected chi connectivity index (χ1v) is 9.03. The molecule has 2 aliphatic rings. The molecule has 3 atom stereocenters. The first kappa shape index (κ1) is 17.0. The van der Waals surface area contributed by atoms with Crippen LogP contribution < -0.4 is 19.5 Å². The summed E-state index contributed by atoms with van der Waals surface area (Å²) in [5.74, 6) is 2.33. The molecule has 1 fully saturated rings. The molecule has 0 radical (unpaired) electrons. The lowest BCUT2D eigenvalue weighted by molar-refractivity contribution is -0.0381. The summed E-state index contributed by atoms with van der Waals surface area (Å²) in [7, 11) is 4.93. The molecule has 5 heteroatoms. The van der Waals surface area contributed by atoms with Gasteiger partial charge < -0.3 is 24.3 Å². The second-order valence-electron chi connectivity index (χ2n) is 6.77. The van der Waals surface area contributed by atoms with Gasteiger partial charge in [-0.15, -0.1) is 0 Å². The van der Waals surface area contributed by atoms with E-state index in [1.807, 2.05) is 12.1 Å². The Morgan fingerprint density at radius 1 is 1.00 bits per heavy atom. The van der Waals surface area contributed by atoms with Gasteiger partial charge in [0.2, 0.25) is 5.75 Å². The first-order chi connectivity index (χ1) is 12.8. The minimum Gasteiger partial charge on any atom is -0.493 e. The van der Waals surface area contributed by atoms with Crippen molar-refractivity contribution >= 4 is 5.69 Å². The number of benzene rings is 2. The van der Waals surface area contributed by atoms with Crippen LogP contribution in [0.15, 0.2) is 36.4 Å². The van der Waals surface area contributed by atoms with Crippen LogP contribution in [0.3, 0.4) is 0 Å². The SMILES string of the molecule is COc1cc([C@@H]2Nc3ccccc3[C@H]3OCCC[C@H]32)cc(OC)c1OC. The van der Waals surface area contributed by atoms with Crippen LogP contribution in [-0.4, -0.2) is 27.9 Å². The van der Waals surface area contributed by atoms with E-state index in [9.17, 15) is 0 Å². The van der Waals surface area contributed by atoms with Gasteiger partial charge in [-0.3, -0.25) is 0 Å². The zero-order chi connectivity index (χ0) is 18.1. The van der Waals surface area contributed by atoms with Gasteiger partial charge in [0.05, 0.1) is 33.5 Å². The van der Waals surface area contributed by atoms with Crippen LogP contribution in [0.25, 0.3) is 0 Å². The molecule has 1 N–H and O–H groups in total. The number of nitrogens with one attached hydrogen (secondary N) is 1. The molecule has 138 valence electrons. The Morgan fingerprint density at radius 2 is 1.73 bits per heavy atom. The number of fused-ring (bicyclic) bond motifs is 3. The summed E-state index contributed by atoms with van der Waals surface area (Å²) in [6, 6.07) is 12.6. The quantitative estimate of drug-likeness (QED) is 0.884. The molecular weight excluding hydrogens is 330 g/mol. The third-order valence-corrected chi connectivity index (χ3v) is 5.42. The molecule has 2 aliphatic heterocycles. The maximum Gasteiger partial charge on any atom is 0.203 e. The Bertz CT molecular complexity index is 766. The van der Waals surface area contributed by atoms with E-state index < -0.39 is 0 Å². The van der Waals surface area contributed by atoms with Crippen LogP contribution in [0.5, 0.6) is 17.2 Å². The summed E-state index contributed by atoms with van der Waals surface area (Å²) >= 11 is 0. The number of methoxy groups -OCH3 is 3. The largest absolute Gasteiger partial charge is 0.493 e. The molecule has 5 nitrogen and oxygen atoms in total. The maximum atomic E-state index is 6.19. The van der Waals surface area contributed by atoms with E-state index >= 15 is 0 Å². The van der Waals surface area contributed by atoms with Gasteiger partial charge in [0.1, 0.15) is 0 Å². The van der Waals surface area contributed by atoms with Gasteiger partial charge in [-0.2, -0.15) is 0 Å². The number of anilines is 1. The second-order valence-corrected chi connectivity index (χ2v) is 6.77. The minimum atomic E-state index is 0.116. The Morgan fingerprint density at radius 3 is 2.42 bits per heavy atom. The summed E-state index contributed by atoms with van der Waals surface area (Å²) in [4.78, 5) is 0. The molecule has 2 aromatic rings. The average molecular weight is 355 g/mol. The van der Waals surface area contributed by atoms with E-state index in [1.165, 1.54) is 5.56 Å². The monoisotopic (exact) mass is 355 g/mol. The maximum absolute atomic E-state index is 6.19. The lowest BCUT2D eigenvalue weighted by Gasteiger charge is -2.43. The van der Waals surface area contributed by atoms with Crippen molar-refractivity contribution in [1.82, 2.24) is 0 Å². The lowest BCUT2D eigenvalue weighted by Crippen LogP contribution is -2.36. The highest BCUT2D eigenvalue weighted by molar-refractivity contribution is 5.60. The van der Waals surface area contributed by atoms with Gasteiger partial charge in [-0.25, -0.2) is 0 Å². The van der Waals surface area contributed by atoms with Crippen LogP contribution in [0.1, 0.15) is 36.1 Å². The Kier molecular flexibility index (Phi) is 4.64. The van der Waals surface area contributed by atoms with Gasteiger partial charge in [-0.05, 0) is 36.6 Å². The molecule has 0 unspecified atom stereocenters. The zero-order valence-corrected chi connectivity index (χ0v) is 15.5. The summed E-state index contributed by atoms with van der Waals surface area (Å²) in [6.45, 7) is 0.817. The number of rotatable bonds is 4. The molecule has 0 aliphatic carbocycles. The topological polar surface area (TPSA) is 49.0 Å². The third kappa shape index (κ3) is 2.76. The number of hydrogen-bond acceptors (Lipinski definition) is 5. The van der Waals surface area contributed by atoms with E-state index in [-0.39, 0.29) is 12.1 Å². The van der Waals surface area contributed by atoms with Crippen molar-refractivity contribution < 1.29 is 18.9 Å². The molecule has 0 saturated carbocycles. The Labute approximate surface area is 154 Å². The van der Waals surface area contributed by atoms with Gasteiger partial charge in [-0.1, -0.05) is 18.2 Å². The lowest BCUT2D eigenvalue weighted by atomic mass is 9.77. The highest BCUT2D eigenvalue weighted by Gasteiger charge is 2.40. The number of hydrogen-bond donors (Lipinski definition) is 1. The van der Waals surface area contributed by atoms with Crippen molar-refractivity contribution in [3.8, 4) is 17.2 Å². The van der Waals surface area contributed by atoms with Crippen molar-refractivity contribution in [2.45, 2.75) is 25.0 Å². The van der Waals surface area contributed by atoms with Crippen LogP contribution in [0.2, 0.25) is 0 Å². The Hall–Kier alpha value is -2.40. The highest BCUT2D eigenvalue weighted by Crippen LogP contribution is 2.51. The van der Waals surface area contributed by atoms with Crippen LogP contribution in [-0.2, 0) is 4.74 Å². The minimum absolute atomic E-state index is 0.116. The van der Waals surface area contributed by atoms with E-state index in [1.54, 1.807) is 21.3 Å². The second kappa shape index (κ2) is 7.08. The molecular formula is C21H25NO4. The predicted octanol–water partition coefficient (Wildman–Crippen LogP) is 4.35. The summed E-state index contributed by atoms with van der Waals surface area (Å²) in [5, 5.41) is 3.72. The predicted molar refractivity (Wildman–Crippen MR) is 100 cm³/mol. The normalized spacial score (nSPS) is 24.0. The molecule has 0 amide bonds. The smallest absolute Gasteiger partial charge is 0.203 e. The molecule has 26 heavy (non-hydrogen) atoms. The van der Waals surface area contributed by atoms with Crippen molar-refractivity contribution in [1.29, 1.82) is 0 Å². The molecule has 0 bridgehead atoms. The fraction of sp³-hybridized carbons (Fsp3) is 0.429. The van der Waals surface area contributed by atoms with Crippen molar-refractivity contribution in [3.63, 3.8) is 0 Å². The number of para-hydroxylation sites is 1. The van der Waals surface area contributed by atoms with Crippen LogP contribution in [0.4, 0.5) is 5.69 Å². The van der Waals surface area contributed by atoms with E-state index in [4.69, 9.17) is 18.9 Å². The zero-order valence-electron chi connectivity index (χ0n) is 15.5. The van der Waals surface area contributed by atoms with E-state index in [0.717, 1.165) is 30.7 Å². The third-order valence-electron chi connectivity index (χ3n) is 5.42. The van der Waals surface area contributed by atoms with Crippen LogP contribution >= 0.6 is 0 Å². The molecule has 0 spiro atoms. The summed E-state index contributed by atoms with van der Waals surface area (Å²) in [5.41, 5.74) is 3.50. The van der Waals surface area contributed by atoms with Gasteiger partial charge in [0.25, 0.3) is 0 Å². The molecule has 2 heterocycles. The fourth-order valence-electron chi connectivity index (χ4n) is 4.23. The van der Waals surface area contributed by atoms with E-state index in [0.29, 0.717) is 23.2 Å². The fourth-order valence-corrected chi connectivity index (χ4v) is 4.23. The number of ether oxygens (including phenoxy) is 4. The highest BCUT2D eigenvalue weighted by atomic mass is 16.5. The summed E-state index contributed by atoms with van der Waals surface area (Å²) < 4.78 is 22.8. The van der Waals surface area contributed by atoms with Gasteiger partial charge >= 0.3 is 0 Å². The first-order valence-electron chi connectivity index (χ1n) is 9.03. The molecule has 0 aromatic heterocycles. The van der Waals surface area contributed by atoms with E-state index in [2.05, 4.69) is 29.6 Å². The van der Waals surface area contributed by atoms with Crippen molar-refractivity contribution in [2.24, 2.45) is 5.92 Å². The standard InChI is InChI=1S/C21H25NO4/c1-23-17-11-13(12-18(24-2)21(17)25-3)19-15-8-6-10-26-20(15)14-7-4-5-9-16(14)22-19/h4-5,7,9,11-12,15,19-20,22H,6,8,10H2,1-3H3/t15-,19-,20+/m0/s1. The Balaban J connectivity index is 1.80. The molecule has 4 rings (SSSR count).